The van der Waals surface area contributed by atoms with Crippen LogP contribution in [0.2, 0.25) is 0 Å². The average molecular weight is 750 g/mol. The summed E-state index contributed by atoms with van der Waals surface area (Å²) >= 11 is 0. The van der Waals surface area contributed by atoms with Crippen LogP contribution in [0, 0.1) is 5.41 Å². The molecule has 0 atom stereocenters. The lowest BCUT2D eigenvalue weighted by Crippen LogP contribution is -2.56. The number of halogens is 9. The van der Waals surface area contributed by atoms with Crippen LogP contribution in [0.15, 0.2) is 48.5 Å². The van der Waals surface area contributed by atoms with Crippen LogP contribution >= 0.6 is 0 Å². The Labute approximate surface area is 294 Å². The van der Waals surface area contributed by atoms with Crippen LogP contribution in [0.1, 0.15) is 55.2 Å². The van der Waals surface area contributed by atoms with Crippen molar-refractivity contribution in [3.63, 3.8) is 0 Å². The summed E-state index contributed by atoms with van der Waals surface area (Å²) in [6.07, 6.45) is -12.0. The van der Waals surface area contributed by atoms with Crippen LogP contribution in [-0.4, -0.2) is 79.0 Å². The van der Waals surface area contributed by atoms with Crippen LogP contribution < -0.4 is 10.5 Å². The van der Waals surface area contributed by atoms with Crippen molar-refractivity contribution in [2.24, 2.45) is 11.1 Å². The molecule has 0 spiro atoms. The number of benzene rings is 3. The molecule has 0 aliphatic carbocycles. The van der Waals surface area contributed by atoms with Gasteiger partial charge in [0.15, 0.2) is 0 Å². The molecule has 2 aliphatic rings. The van der Waals surface area contributed by atoms with Gasteiger partial charge in [-0.2, -0.15) is 39.5 Å². The monoisotopic (exact) mass is 749 g/mol. The van der Waals surface area contributed by atoms with Crippen molar-refractivity contribution in [3.8, 4) is 16.9 Å². The van der Waals surface area contributed by atoms with Crippen LogP contribution in [-0.2, 0) is 28.7 Å². The molecule has 16 heteroatoms. The van der Waals surface area contributed by atoms with Crippen molar-refractivity contribution in [1.29, 1.82) is 0 Å². The molecule has 0 bridgehead atoms. The Morgan fingerprint density at radius 3 is 1.96 bits per heavy atom. The van der Waals surface area contributed by atoms with Crippen LogP contribution in [0.3, 0.4) is 0 Å². The van der Waals surface area contributed by atoms with E-state index in [4.69, 9.17) is 15.6 Å². The summed E-state index contributed by atoms with van der Waals surface area (Å²) < 4.78 is 124. The molecule has 7 nitrogen and oxygen atoms in total. The van der Waals surface area contributed by atoms with E-state index in [1.807, 2.05) is 12.1 Å². The average Bonchev–Trinajstić information content (AvgIpc) is 3.06. The Morgan fingerprint density at radius 1 is 0.808 bits per heavy atom. The van der Waals surface area contributed by atoms with Crippen molar-refractivity contribution in [2.75, 3.05) is 39.8 Å². The third-order valence-electron chi connectivity index (χ3n) is 9.62. The number of hydrogen-bond donors (Lipinski definition) is 2. The molecule has 0 radical (unpaired) electrons. The normalized spacial score (nSPS) is 17.3. The topological polar surface area (TPSA) is 96.1 Å². The van der Waals surface area contributed by atoms with Crippen LogP contribution in [0.5, 0.6) is 5.75 Å². The van der Waals surface area contributed by atoms with E-state index < -0.39 is 73.9 Å². The predicted octanol–water partition coefficient (Wildman–Crippen LogP) is 8.22. The molecule has 286 valence electrons. The lowest BCUT2D eigenvalue weighted by molar-refractivity contribution is -0.234. The quantitative estimate of drug-likeness (QED) is 0.214. The Morgan fingerprint density at radius 2 is 1.42 bits per heavy atom. The van der Waals surface area contributed by atoms with E-state index >= 15 is 0 Å². The van der Waals surface area contributed by atoms with Gasteiger partial charge < -0.3 is 15.6 Å². The van der Waals surface area contributed by atoms with Gasteiger partial charge in [0.1, 0.15) is 11.2 Å². The molecule has 2 saturated heterocycles. The van der Waals surface area contributed by atoms with Gasteiger partial charge in [-0.1, -0.05) is 48.9 Å². The van der Waals surface area contributed by atoms with Crippen molar-refractivity contribution < 1.29 is 58.9 Å². The number of carbonyl (C=O) groups excluding carboxylic acids is 1. The van der Waals surface area contributed by atoms with Gasteiger partial charge in [-0.3, -0.25) is 19.4 Å². The maximum Gasteiger partial charge on any atom is 0.417 e. The molecule has 2 fully saturated rings. The highest BCUT2D eigenvalue weighted by Crippen LogP contribution is 2.48. The summed E-state index contributed by atoms with van der Waals surface area (Å²) in [6, 6.07) is 13.8. The Balaban J connectivity index is 0.000000284. The largest absolute Gasteiger partial charge is 0.496 e. The highest BCUT2D eigenvalue weighted by molar-refractivity contribution is 6.00. The number of hydrogen-bond acceptors (Lipinski definition) is 5. The molecular formula is C36H40F9N3O4. The van der Waals surface area contributed by atoms with Gasteiger partial charge in [-0.05, 0) is 91.8 Å². The fourth-order valence-electron chi connectivity index (χ4n) is 6.95. The van der Waals surface area contributed by atoms with Crippen molar-refractivity contribution in [1.82, 2.24) is 9.80 Å². The van der Waals surface area contributed by atoms with E-state index in [0.29, 0.717) is 17.4 Å². The first-order chi connectivity index (χ1) is 24.3. The molecule has 5 rings (SSSR count). The summed E-state index contributed by atoms with van der Waals surface area (Å²) in [6.45, 7) is -0.371. The molecule has 0 saturated carbocycles. The highest BCUT2D eigenvalue weighted by atomic mass is 19.4. The maximum atomic E-state index is 14.6. The van der Waals surface area contributed by atoms with E-state index in [-0.39, 0.29) is 29.8 Å². The van der Waals surface area contributed by atoms with Crippen LogP contribution in [0.4, 0.5) is 39.5 Å². The summed E-state index contributed by atoms with van der Waals surface area (Å²) in [5.41, 5.74) is 2.89. The first-order valence-electron chi connectivity index (χ1n) is 16.7. The summed E-state index contributed by atoms with van der Waals surface area (Å²) in [5.74, 6) is -2.28. The molecule has 3 aromatic carbocycles. The highest BCUT2D eigenvalue weighted by Gasteiger charge is 2.60. The second-order valence-electron chi connectivity index (χ2n) is 13.1. The Kier molecular flexibility index (Phi) is 12.8. The maximum absolute atomic E-state index is 14.6. The smallest absolute Gasteiger partial charge is 0.417 e. The molecule has 1 amide bonds. The number of primary amides is 1. The van der Waals surface area contributed by atoms with Gasteiger partial charge in [0.2, 0.25) is 5.91 Å². The number of aliphatic carboxylic acids is 1. The molecule has 3 N–H and O–H groups in total. The van der Waals surface area contributed by atoms with Crippen molar-refractivity contribution in [3.05, 3.63) is 65.2 Å². The molecule has 52 heavy (non-hydrogen) atoms. The third kappa shape index (κ3) is 9.68. The van der Waals surface area contributed by atoms with Gasteiger partial charge in [0.25, 0.3) is 0 Å². The van der Waals surface area contributed by atoms with E-state index in [0.717, 1.165) is 48.2 Å². The summed E-state index contributed by atoms with van der Waals surface area (Å²) in [5, 5.41) is 10.5. The number of carbonyl (C=O) groups is 2. The molecule has 2 heterocycles. The SMILES string of the molecule is COc1ccc(CN2CCCCC2)c(C(F)(F)F)c1-c1cccc2c(CCC(=O)O)cccc12.NC(=O)C1(C(F)(F)F)CCN(CC(F)(F)F)CC1. The summed E-state index contributed by atoms with van der Waals surface area (Å²) in [4.78, 5) is 25.0. The number of carboxylic acid groups (broad SMARTS) is 1. The molecule has 0 unspecified atom stereocenters. The van der Waals surface area contributed by atoms with Gasteiger partial charge in [0.05, 0.1) is 19.2 Å². The van der Waals surface area contributed by atoms with E-state index in [2.05, 4.69) is 4.90 Å². The predicted molar refractivity (Wildman–Crippen MR) is 175 cm³/mol. The molecular weight excluding hydrogens is 709 g/mol. The number of rotatable bonds is 9. The lowest BCUT2D eigenvalue weighted by Gasteiger charge is -2.40. The number of amides is 1. The van der Waals surface area contributed by atoms with Crippen molar-refractivity contribution in [2.45, 2.75) is 70.0 Å². The fraction of sp³-hybridized carbons (Fsp3) is 0.500. The number of ether oxygens (including phenoxy) is 1. The number of piperidine rings is 2. The number of carboxylic acids is 1. The zero-order chi connectivity index (χ0) is 38.5. The Hall–Kier alpha value is -4.05. The van der Waals surface area contributed by atoms with Crippen molar-refractivity contribution >= 4 is 22.6 Å². The fourth-order valence-corrected chi connectivity index (χ4v) is 6.95. The van der Waals surface area contributed by atoms with E-state index in [1.165, 1.54) is 13.2 Å². The number of aryl methyl sites for hydroxylation is 1. The zero-order valence-corrected chi connectivity index (χ0v) is 28.4. The third-order valence-corrected chi connectivity index (χ3v) is 9.62. The standard InChI is InChI=1S/C27H28F3NO3.C9H12F6N2O/c1-34-23-13-11-19(17-31-15-3-2-4-16-31)26(27(28,29)30)25(23)22-10-6-8-20-18(12-14-24(32)33)7-5-9-21(20)22;10-8(11,12)5-17-3-1-7(2-4-17,6(16)18)9(13,14)15/h5-11,13H,2-4,12,14-17H2,1H3,(H,32,33);1-5H2,(H2,16,18). The minimum absolute atomic E-state index is 0.0329. The van der Waals surface area contributed by atoms with Gasteiger partial charge >= 0.3 is 24.5 Å². The minimum atomic E-state index is -4.83. The number of likely N-dealkylation sites (tertiary alicyclic amines) is 2. The second-order valence-corrected chi connectivity index (χ2v) is 13.1. The number of fused-ring (bicyclic) bond motifs is 1. The number of nitrogens with two attached hydrogens (primary N) is 1. The Bertz CT molecular complexity index is 1710. The molecule has 3 aromatic rings. The number of nitrogens with zero attached hydrogens (tertiary/aromatic N) is 2. The second kappa shape index (κ2) is 16.3. The van der Waals surface area contributed by atoms with E-state index in [1.54, 1.807) is 30.3 Å². The lowest BCUT2D eigenvalue weighted by atomic mass is 9.77. The minimum Gasteiger partial charge on any atom is -0.496 e. The van der Waals surface area contributed by atoms with Gasteiger partial charge in [0, 0.05) is 18.5 Å². The van der Waals surface area contributed by atoms with E-state index in [9.17, 15) is 49.1 Å². The molecule has 0 aromatic heterocycles. The number of methoxy groups -OCH3 is 1. The van der Waals surface area contributed by atoms with Crippen LogP contribution in [0.25, 0.3) is 21.9 Å². The first-order valence-corrected chi connectivity index (χ1v) is 16.7. The first kappa shape index (κ1) is 40.7. The van der Waals surface area contributed by atoms with Gasteiger partial charge in [-0.25, -0.2) is 0 Å². The summed E-state index contributed by atoms with van der Waals surface area (Å²) in [7, 11) is 1.38. The number of alkyl halides is 9. The molecule has 2 aliphatic heterocycles. The zero-order valence-electron chi connectivity index (χ0n) is 28.4. The van der Waals surface area contributed by atoms with Gasteiger partial charge in [-0.15, -0.1) is 0 Å².